The molecule has 0 saturated heterocycles. The van der Waals surface area contributed by atoms with E-state index < -0.39 is 23.3 Å². The molecule has 0 saturated carbocycles. The topological polar surface area (TPSA) is 63.0 Å². The fourth-order valence-electron chi connectivity index (χ4n) is 2.16. The standard InChI is InChI=1S/C14H12FNO2.C6H4F2N.Y/c1-9-3-8-12(14(17)18-2)13(16-9)10-4-6-11(15)7-5-10;7-4-2-1-3-5(8)6(4)9;/h3-8H,1-2H3;1-3,9H;/q;-1;. The van der Waals surface area contributed by atoms with Gasteiger partial charge in [-0.2, -0.15) is 0 Å². The second-order valence-electron chi connectivity index (χ2n) is 5.44. The smallest absolute Gasteiger partial charge is 0.340 e. The molecule has 3 aromatic rings. The van der Waals surface area contributed by atoms with Gasteiger partial charge in [-0.3, -0.25) is 4.98 Å². The Hall–Kier alpha value is -2.25. The first kappa shape index (κ1) is 23.8. The van der Waals surface area contributed by atoms with Gasteiger partial charge in [0.05, 0.1) is 18.4 Å². The van der Waals surface area contributed by atoms with Gasteiger partial charge in [0.2, 0.25) is 0 Å². The summed E-state index contributed by atoms with van der Waals surface area (Å²) in [6.45, 7) is 1.83. The summed E-state index contributed by atoms with van der Waals surface area (Å²) in [5.41, 5.74) is 8.36. The molecule has 1 N–H and O–H groups in total. The zero-order chi connectivity index (χ0) is 20.0. The molecule has 143 valence electrons. The number of aryl methyl sites for hydroxylation is 1. The van der Waals surface area contributed by atoms with Crippen LogP contribution >= 0.6 is 0 Å². The summed E-state index contributed by atoms with van der Waals surface area (Å²) in [6, 6.07) is 12.6. The van der Waals surface area contributed by atoms with Gasteiger partial charge in [0.15, 0.2) is 0 Å². The molecule has 0 atom stereocenters. The van der Waals surface area contributed by atoms with Crippen LogP contribution in [0.4, 0.5) is 18.9 Å². The van der Waals surface area contributed by atoms with E-state index in [2.05, 4.69) is 4.98 Å². The minimum Gasteiger partial charge on any atom is -0.694 e. The van der Waals surface area contributed by atoms with E-state index in [4.69, 9.17) is 10.5 Å². The molecule has 3 rings (SSSR count). The number of nitrogens with zero attached hydrogens (tertiary/aromatic N) is 1. The maximum Gasteiger partial charge on any atom is 0.340 e. The van der Waals surface area contributed by atoms with E-state index in [9.17, 15) is 18.0 Å². The van der Waals surface area contributed by atoms with Crippen molar-refractivity contribution in [2.45, 2.75) is 6.92 Å². The molecule has 1 aromatic heterocycles. The van der Waals surface area contributed by atoms with Crippen molar-refractivity contribution in [3.05, 3.63) is 89.0 Å². The third-order valence-electron chi connectivity index (χ3n) is 3.52. The van der Waals surface area contributed by atoms with Gasteiger partial charge in [0, 0.05) is 44.0 Å². The van der Waals surface area contributed by atoms with Crippen LogP contribution in [0, 0.1) is 24.4 Å². The van der Waals surface area contributed by atoms with Crippen LogP contribution in [0.15, 0.2) is 54.6 Å². The molecule has 4 nitrogen and oxygen atoms in total. The number of pyridine rings is 1. The number of benzene rings is 2. The monoisotopic (exact) mass is 462 g/mol. The number of carbonyl (C=O) groups is 1. The SMILES string of the molecule is COC(=O)c1ccc(C)nc1-c1ccc(F)cc1.[NH-]c1c(F)cccc1F.[Y]. The van der Waals surface area contributed by atoms with Crippen LogP contribution in [0.25, 0.3) is 17.0 Å². The summed E-state index contributed by atoms with van der Waals surface area (Å²) in [5, 5.41) is 0. The van der Waals surface area contributed by atoms with Crippen LogP contribution in [0.3, 0.4) is 0 Å². The zero-order valence-corrected chi connectivity index (χ0v) is 18.0. The second kappa shape index (κ2) is 10.9. The van der Waals surface area contributed by atoms with E-state index >= 15 is 0 Å². The number of ether oxygens (including phenoxy) is 1. The molecule has 0 amide bonds. The van der Waals surface area contributed by atoms with Crippen LogP contribution in [0.1, 0.15) is 16.1 Å². The summed E-state index contributed by atoms with van der Waals surface area (Å²) in [5.74, 6) is -2.43. The average molecular weight is 462 g/mol. The van der Waals surface area contributed by atoms with Crippen molar-refractivity contribution in [3.63, 3.8) is 0 Å². The van der Waals surface area contributed by atoms with Crippen LogP contribution in [0.2, 0.25) is 0 Å². The van der Waals surface area contributed by atoms with E-state index in [0.29, 0.717) is 16.8 Å². The Morgan fingerprint density at radius 2 is 1.54 bits per heavy atom. The molecule has 0 fully saturated rings. The van der Waals surface area contributed by atoms with Crippen molar-refractivity contribution in [1.29, 1.82) is 0 Å². The number of halogens is 3. The molecule has 1 radical (unpaired) electrons. The summed E-state index contributed by atoms with van der Waals surface area (Å²) in [4.78, 5) is 16.0. The third-order valence-corrected chi connectivity index (χ3v) is 3.52. The van der Waals surface area contributed by atoms with Crippen molar-refractivity contribution in [2.24, 2.45) is 0 Å². The Kier molecular flexibility index (Phi) is 9.28. The molecule has 2 aromatic carbocycles. The first-order valence-electron chi connectivity index (χ1n) is 7.81. The molecular weight excluding hydrogens is 446 g/mol. The van der Waals surface area contributed by atoms with Gasteiger partial charge in [-0.1, -0.05) is 11.8 Å². The predicted molar refractivity (Wildman–Crippen MR) is 96.0 cm³/mol. The van der Waals surface area contributed by atoms with Crippen LogP contribution in [-0.4, -0.2) is 18.1 Å². The van der Waals surface area contributed by atoms with Gasteiger partial charge in [-0.05, 0) is 55.5 Å². The van der Waals surface area contributed by atoms with Crippen LogP contribution in [0.5, 0.6) is 0 Å². The van der Waals surface area contributed by atoms with Gasteiger partial charge in [-0.15, -0.1) is 0 Å². The van der Waals surface area contributed by atoms with Gasteiger partial charge >= 0.3 is 5.97 Å². The maximum absolute atomic E-state index is 12.9. The van der Waals surface area contributed by atoms with Crippen molar-refractivity contribution >= 4 is 11.7 Å². The summed E-state index contributed by atoms with van der Waals surface area (Å²) < 4.78 is 41.9. The summed E-state index contributed by atoms with van der Waals surface area (Å²) in [7, 11) is 1.32. The minimum absolute atomic E-state index is 0. The first-order chi connectivity index (χ1) is 12.8. The van der Waals surface area contributed by atoms with Gasteiger partial charge < -0.3 is 10.5 Å². The second-order valence-corrected chi connectivity index (χ2v) is 5.44. The number of esters is 1. The molecule has 0 aliphatic rings. The molecule has 0 aliphatic carbocycles. The van der Waals surface area contributed by atoms with E-state index in [0.717, 1.165) is 17.8 Å². The van der Waals surface area contributed by atoms with Gasteiger partial charge in [-0.25, -0.2) is 18.0 Å². The van der Waals surface area contributed by atoms with Gasteiger partial charge in [0.25, 0.3) is 0 Å². The van der Waals surface area contributed by atoms with E-state index in [-0.39, 0.29) is 38.5 Å². The Balaban J connectivity index is 0.000000332. The number of hydrogen-bond donors (Lipinski definition) is 0. The normalized spacial score (nSPS) is 9.61. The molecule has 8 heteroatoms. The number of hydrogen-bond acceptors (Lipinski definition) is 3. The Bertz CT molecular complexity index is 930. The molecule has 0 aliphatic heterocycles. The third kappa shape index (κ3) is 6.14. The fraction of sp³-hybridized carbons (Fsp3) is 0.100. The fourth-order valence-corrected chi connectivity index (χ4v) is 2.16. The number of carbonyl (C=O) groups excluding carboxylic acids is 1. The molecule has 0 unspecified atom stereocenters. The number of methoxy groups -OCH3 is 1. The molecule has 0 spiro atoms. The molecule has 0 bridgehead atoms. The number of aromatic nitrogens is 1. The van der Waals surface area contributed by atoms with E-state index in [1.54, 1.807) is 24.3 Å². The first-order valence-corrected chi connectivity index (χ1v) is 7.81. The Morgan fingerprint density at radius 1 is 0.964 bits per heavy atom. The Labute approximate surface area is 185 Å². The van der Waals surface area contributed by atoms with Crippen molar-refractivity contribution < 1.29 is 55.4 Å². The number of nitrogens with one attached hydrogen (secondary N) is 1. The molecule has 1 heterocycles. The summed E-state index contributed by atoms with van der Waals surface area (Å²) in [6.07, 6.45) is 0. The predicted octanol–water partition coefficient (Wildman–Crippen LogP) is 5.63. The number of rotatable bonds is 2. The quantitative estimate of drug-likeness (QED) is 0.464. The van der Waals surface area contributed by atoms with Gasteiger partial charge in [0.1, 0.15) is 17.5 Å². The van der Waals surface area contributed by atoms with E-state index in [1.165, 1.54) is 25.3 Å². The molecular formula is C20H16F3N2O2Y-. The largest absolute Gasteiger partial charge is 0.694 e. The van der Waals surface area contributed by atoms with Crippen molar-refractivity contribution in [3.8, 4) is 11.3 Å². The summed E-state index contributed by atoms with van der Waals surface area (Å²) >= 11 is 0. The van der Waals surface area contributed by atoms with Crippen LogP contribution in [-0.2, 0) is 37.4 Å². The van der Waals surface area contributed by atoms with Crippen molar-refractivity contribution in [1.82, 2.24) is 4.98 Å². The molecule has 28 heavy (non-hydrogen) atoms. The van der Waals surface area contributed by atoms with Crippen molar-refractivity contribution in [2.75, 3.05) is 7.11 Å². The Morgan fingerprint density at radius 3 is 2.04 bits per heavy atom. The maximum atomic E-state index is 12.9. The van der Waals surface area contributed by atoms with Crippen LogP contribution < -0.4 is 0 Å². The minimum atomic E-state index is -0.824. The average Bonchev–Trinajstić information content (AvgIpc) is 2.66. The van der Waals surface area contributed by atoms with E-state index in [1.807, 2.05) is 6.92 Å². The zero-order valence-electron chi connectivity index (χ0n) is 15.2.